The lowest BCUT2D eigenvalue weighted by molar-refractivity contribution is 0.0950. The fraction of sp³-hybridized carbons (Fsp3) is 0.286. The summed E-state index contributed by atoms with van der Waals surface area (Å²) in [5.41, 5.74) is 1.25. The van der Waals surface area contributed by atoms with Crippen molar-refractivity contribution in [3.05, 3.63) is 64.8 Å². The second-order valence-electron chi connectivity index (χ2n) is 6.35. The van der Waals surface area contributed by atoms with Crippen molar-refractivity contribution in [2.45, 2.75) is 26.8 Å². The lowest BCUT2D eigenvalue weighted by atomic mass is 10.1. The van der Waals surface area contributed by atoms with E-state index in [1.807, 2.05) is 36.7 Å². The Labute approximate surface area is 174 Å². The largest absolute Gasteiger partial charge is 0.493 e. The van der Waals surface area contributed by atoms with Crippen LogP contribution in [0.15, 0.2) is 42.9 Å². The molecule has 0 spiro atoms. The molecule has 2 heterocycles. The summed E-state index contributed by atoms with van der Waals surface area (Å²) < 4.78 is 12.9. The van der Waals surface area contributed by atoms with Crippen molar-refractivity contribution in [1.82, 2.24) is 19.9 Å². The molecule has 1 aromatic carbocycles. The fourth-order valence-electron chi connectivity index (χ4n) is 2.86. The third-order valence-corrected chi connectivity index (χ3v) is 4.58. The standard InChI is InChI=1S/C21H23ClN4O3/c1-4-10-29-19-17(22)11-16(12-18(19)28-3)21(27)25-13-15-6-5-7-24-20(15)26-9-8-23-14(26)2/h5-9,11-12H,4,10,13H2,1-3H3,(H,25,27). The molecule has 0 aliphatic carbocycles. The number of nitrogens with one attached hydrogen (secondary N) is 1. The minimum atomic E-state index is -0.274. The maximum atomic E-state index is 12.7. The number of benzene rings is 1. The van der Waals surface area contributed by atoms with Crippen LogP contribution >= 0.6 is 11.6 Å². The first-order valence-corrected chi connectivity index (χ1v) is 9.65. The Balaban J connectivity index is 1.79. The third kappa shape index (κ3) is 4.68. The van der Waals surface area contributed by atoms with E-state index in [2.05, 4.69) is 15.3 Å². The molecule has 0 aliphatic heterocycles. The number of hydrogen-bond acceptors (Lipinski definition) is 5. The predicted molar refractivity (Wildman–Crippen MR) is 111 cm³/mol. The summed E-state index contributed by atoms with van der Waals surface area (Å²) in [7, 11) is 1.52. The van der Waals surface area contributed by atoms with E-state index in [9.17, 15) is 4.79 Å². The zero-order valence-corrected chi connectivity index (χ0v) is 17.4. The van der Waals surface area contributed by atoms with Gasteiger partial charge in [0.25, 0.3) is 5.91 Å². The molecule has 29 heavy (non-hydrogen) atoms. The highest BCUT2D eigenvalue weighted by Crippen LogP contribution is 2.36. The van der Waals surface area contributed by atoms with E-state index in [1.54, 1.807) is 24.5 Å². The Morgan fingerprint density at radius 2 is 2.10 bits per heavy atom. The van der Waals surface area contributed by atoms with Crippen LogP contribution in [0.5, 0.6) is 11.5 Å². The Hall–Kier alpha value is -3.06. The summed E-state index contributed by atoms with van der Waals surface area (Å²) in [4.78, 5) is 21.4. The number of aryl methyl sites for hydroxylation is 1. The topological polar surface area (TPSA) is 78.3 Å². The number of pyridine rings is 1. The minimum Gasteiger partial charge on any atom is -0.493 e. The van der Waals surface area contributed by atoms with E-state index in [1.165, 1.54) is 7.11 Å². The maximum absolute atomic E-state index is 12.7. The Kier molecular flexibility index (Phi) is 6.72. The van der Waals surface area contributed by atoms with Gasteiger partial charge in [-0.05, 0) is 31.5 Å². The average molecular weight is 415 g/mol. The van der Waals surface area contributed by atoms with Gasteiger partial charge >= 0.3 is 0 Å². The van der Waals surface area contributed by atoms with Gasteiger partial charge in [-0.2, -0.15) is 0 Å². The summed E-state index contributed by atoms with van der Waals surface area (Å²) in [6, 6.07) is 6.94. The van der Waals surface area contributed by atoms with Gasteiger partial charge in [-0.15, -0.1) is 0 Å². The number of hydrogen-bond donors (Lipinski definition) is 1. The first-order valence-electron chi connectivity index (χ1n) is 9.27. The summed E-state index contributed by atoms with van der Waals surface area (Å²) in [6.45, 7) is 4.71. The van der Waals surface area contributed by atoms with Crippen molar-refractivity contribution in [1.29, 1.82) is 0 Å². The number of methoxy groups -OCH3 is 1. The van der Waals surface area contributed by atoms with Crippen LogP contribution in [0.1, 0.15) is 35.1 Å². The second-order valence-corrected chi connectivity index (χ2v) is 6.76. The van der Waals surface area contributed by atoms with Gasteiger partial charge in [-0.25, -0.2) is 9.97 Å². The molecule has 8 heteroatoms. The number of amides is 1. The van der Waals surface area contributed by atoms with E-state index in [-0.39, 0.29) is 5.91 Å². The normalized spacial score (nSPS) is 10.6. The summed E-state index contributed by atoms with van der Waals surface area (Å²) in [5.74, 6) is 2.13. The summed E-state index contributed by atoms with van der Waals surface area (Å²) in [5, 5.41) is 3.24. The van der Waals surface area contributed by atoms with Gasteiger partial charge in [-0.1, -0.05) is 24.6 Å². The molecule has 7 nitrogen and oxygen atoms in total. The number of carbonyl (C=O) groups is 1. The highest BCUT2D eigenvalue weighted by molar-refractivity contribution is 6.32. The SMILES string of the molecule is CCCOc1c(Cl)cc(C(=O)NCc2cccnc2-n2ccnc2C)cc1OC. The molecule has 0 unspecified atom stereocenters. The number of rotatable bonds is 8. The molecule has 0 radical (unpaired) electrons. The van der Waals surface area contributed by atoms with Crippen molar-refractivity contribution in [2.75, 3.05) is 13.7 Å². The van der Waals surface area contributed by atoms with Gasteiger partial charge in [0.15, 0.2) is 11.5 Å². The average Bonchev–Trinajstić information content (AvgIpc) is 3.16. The van der Waals surface area contributed by atoms with Crippen LogP contribution in [0.3, 0.4) is 0 Å². The molecular formula is C21H23ClN4O3. The molecule has 1 amide bonds. The van der Waals surface area contributed by atoms with Crippen molar-refractivity contribution in [3.8, 4) is 17.3 Å². The number of nitrogens with zero attached hydrogens (tertiary/aromatic N) is 3. The minimum absolute atomic E-state index is 0.274. The number of imidazole rings is 1. The highest BCUT2D eigenvalue weighted by Gasteiger charge is 2.16. The molecule has 0 atom stereocenters. The second kappa shape index (κ2) is 9.43. The number of aromatic nitrogens is 3. The van der Waals surface area contributed by atoms with Crippen LogP contribution in [0, 0.1) is 6.92 Å². The smallest absolute Gasteiger partial charge is 0.251 e. The van der Waals surface area contributed by atoms with E-state index in [4.69, 9.17) is 21.1 Å². The fourth-order valence-corrected chi connectivity index (χ4v) is 3.12. The monoisotopic (exact) mass is 414 g/mol. The number of halogens is 1. The van der Waals surface area contributed by atoms with E-state index < -0.39 is 0 Å². The van der Waals surface area contributed by atoms with Crippen molar-refractivity contribution in [3.63, 3.8) is 0 Å². The van der Waals surface area contributed by atoms with Crippen molar-refractivity contribution >= 4 is 17.5 Å². The molecule has 152 valence electrons. The Morgan fingerprint density at radius 1 is 1.28 bits per heavy atom. The number of carbonyl (C=O) groups excluding carboxylic acids is 1. The summed E-state index contributed by atoms with van der Waals surface area (Å²) in [6.07, 6.45) is 6.09. The highest BCUT2D eigenvalue weighted by atomic mass is 35.5. The van der Waals surface area contributed by atoms with Gasteiger partial charge in [-0.3, -0.25) is 9.36 Å². The molecule has 0 aliphatic rings. The van der Waals surface area contributed by atoms with Gasteiger partial charge < -0.3 is 14.8 Å². The Morgan fingerprint density at radius 3 is 2.79 bits per heavy atom. The molecule has 3 rings (SSSR count). The van der Waals surface area contributed by atoms with Crippen molar-refractivity contribution in [2.24, 2.45) is 0 Å². The molecule has 0 bridgehead atoms. The molecule has 2 aromatic heterocycles. The van der Waals surface area contributed by atoms with Gasteiger partial charge in [0.05, 0.1) is 18.7 Å². The lowest BCUT2D eigenvalue weighted by Gasteiger charge is -2.14. The first-order chi connectivity index (χ1) is 14.0. The van der Waals surface area contributed by atoms with E-state index in [0.717, 1.165) is 23.6 Å². The zero-order valence-electron chi connectivity index (χ0n) is 16.6. The third-order valence-electron chi connectivity index (χ3n) is 4.30. The van der Waals surface area contributed by atoms with Crippen LogP contribution in [-0.4, -0.2) is 34.2 Å². The first kappa shape index (κ1) is 20.7. The number of ether oxygens (including phenoxy) is 2. The molecule has 3 aromatic rings. The molecule has 1 N–H and O–H groups in total. The van der Waals surface area contributed by atoms with E-state index >= 15 is 0 Å². The van der Waals surface area contributed by atoms with Crippen LogP contribution in [0.2, 0.25) is 5.02 Å². The van der Waals surface area contributed by atoms with E-state index in [0.29, 0.717) is 35.2 Å². The van der Waals surface area contributed by atoms with Gasteiger partial charge in [0.2, 0.25) is 0 Å². The van der Waals surface area contributed by atoms with Crippen LogP contribution < -0.4 is 14.8 Å². The molecular weight excluding hydrogens is 392 g/mol. The molecule has 0 saturated heterocycles. The summed E-state index contributed by atoms with van der Waals surface area (Å²) >= 11 is 6.32. The zero-order chi connectivity index (χ0) is 20.8. The van der Waals surface area contributed by atoms with Crippen LogP contribution in [0.4, 0.5) is 0 Å². The van der Waals surface area contributed by atoms with Crippen molar-refractivity contribution < 1.29 is 14.3 Å². The lowest BCUT2D eigenvalue weighted by Crippen LogP contribution is -2.24. The molecule has 0 fully saturated rings. The van der Waals surface area contributed by atoms with Crippen LogP contribution in [-0.2, 0) is 6.54 Å². The quantitative estimate of drug-likeness (QED) is 0.603. The van der Waals surface area contributed by atoms with Gasteiger partial charge in [0, 0.05) is 36.3 Å². The molecule has 0 saturated carbocycles. The maximum Gasteiger partial charge on any atom is 0.251 e. The van der Waals surface area contributed by atoms with Gasteiger partial charge in [0.1, 0.15) is 11.6 Å². The Bertz CT molecular complexity index is 1000. The van der Waals surface area contributed by atoms with Crippen LogP contribution in [0.25, 0.3) is 5.82 Å². The predicted octanol–water partition coefficient (Wildman–Crippen LogP) is 3.96.